The van der Waals surface area contributed by atoms with Crippen LogP contribution in [0.15, 0.2) is 24.3 Å². The summed E-state index contributed by atoms with van der Waals surface area (Å²) in [5, 5.41) is 19.6. The van der Waals surface area contributed by atoms with E-state index in [2.05, 4.69) is 15.0 Å². The van der Waals surface area contributed by atoms with Crippen molar-refractivity contribution < 1.29 is 19.0 Å². The Morgan fingerprint density at radius 3 is 2.70 bits per heavy atom. The number of hydrogen-bond donors (Lipinski definition) is 3. The summed E-state index contributed by atoms with van der Waals surface area (Å²) in [4.78, 5) is 11.8. The molecule has 0 aliphatic heterocycles. The molecule has 7 nitrogen and oxygen atoms in total. The summed E-state index contributed by atoms with van der Waals surface area (Å²) in [5.41, 5.74) is 5.83. The molecule has 106 valence electrons. The molecule has 0 spiro atoms. The zero-order valence-corrected chi connectivity index (χ0v) is 10.1. The molecule has 4 N–H and O–H groups in total. The number of hydrogen-bond acceptors (Lipinski definition) is 6. The molecule has 0 radical (unpaired) electrons. The lowest BCUT2D eigenvalue weighted by Crippen LogP contribution is -2.27. The third-order valence-corrected chi connectivity index (χ3v) is 3.49. The predicted molar refractivity (Wildman–Crippen MR) is 64.6 cm³/mol. The summed E-state index contributed by atoms with van der Waals surface area (Å²) in [6.07, 6.45) is -2.55. The highest BCUT2D eigenvalue weighted by atomic mass is 19.3. The van der Waals surface area contributed by atoms with E-state index in [1.54, 1.807) is 0 Å². The summed E-state index contributed by atoms with van der Waals surface area (Å²) in [7, 11) is 0. The average Bonchev–Trinajstić information content (AvgIpc) is 2.94. The number of rotatable bonds is 1. The lowest BCUT2D eigenvalue weighted by molar-refractivity contribution is 0.0345. The molecule has 0 bridgehead atoms. The van der Waals surface area contributed by atoms with Gasteiger partial charge >= 0.3 is 0 Å². The monoisotopic (exact) mass is 283 g/mol. The van der Waals surface area contributed by atoms with Gasteiger partial charge in [0.05, 0.1) is 12.4 Å². The first-order valence-corrected chi connectivity index (χ1v) is 5.84. The van der Waals surface area contributed by atoms with E-state index in [0.29, 0.717) is 11.2 Å². The van der Waals surface area contributed by atoms with Crippen molar-refractivity contribution in [2.75, 3.05) is 5.73 Å². The Balaban J connectivity index is 2.09. The fourth-order valence-corrected chi connectivity index (χ4v) is 2.45. The van der Waals surface area contributed by atoms with Gasteiger partial charge in [0.2, 0.25) is 0 Å². The molecular formula is C11H11F2N5O2. The Hall–Kier alpha value is -2.13. The van der Waals surface area contributed by atoms with Gasteiger partial charge in [-0.3, -0.25) is 0 Å². The van der Waals surface area contributed by atoms with Gasteiger partial charge in [-0.05, 0) is 0 Å². The van der Waals surface area contributed by atoms with Gasteiger partial charge in [-0.1, -0.05) is 0 Å². The van der Waals surface area contributed by atoms with E-state index in [-0.39, 0.29) is 12.2 Å². The lowest BCUT2D eigenvalue weighted by Gasteiger charge is -2.17. The molecule has 2 unspecified atom stereocenters. The van der Waals surface area contributed by atoms with Gasteiger partial charge in [0.25, 0.3) is 6.08 Å². The minimum Gasteiger partial charge on any atom is -0.388 e. The standard InChI is InChI=1S/C11H11F2N5O2/c12-9(13)4-1-5(8(20)7(4)19)18-3-17-6-10(14)15-2-16-11(6)18/h2-3,5,7-8,19-20H,1H2,(H2,14,15,16)/t5?,7-,8?/m1/s1. The van der Waals surface area contributed by atoms with Crippen molar-refractivity contribution in [2.24, 2.45) is 0 Å². The van der Waals surface area contributed by atoms with Crippen LogP contribution in [0.25, 0.3) is 11.2 Å². The van der Waals surface area contributed by atoms with Crippen molar-refractivity contribution in [1.82, 2.24) is 19.5 Å². The van der Waals surface area contributed by atoms with Crippen molar-refractivity contribution >= 4 is 17.0 Å². The van der Waals surface area contributed by atoms with E-state index >= 15 is 0 Å². The Morgan fingerprint density at radius 2 is 2.05 bits per heavy atom. The van der Waals surface area contributed by atoms with E-state index < -0.39 is 29.9 Å². The summed E-state index contributed by atoms with van der Waals surface area (Å²) in [5.74, 6) is 0.161. The highest BCUT2D eigenvalue weighted by molar-refractivity contribution is 5.81. The number of aromatic nitrogens is 4. The maximum absolute atomic E-state index is 12.7. The SMILES string of the molecule is Nc1ncnc2c1ncn2C1CC(=C(F)F)[C@@H](O)C1O. The van der Waals surface area contributed by atoms with Crippen LogP contribution in [0.4, 0.5) is 14.6 Å². The number of aliphatic hydroxyl groups is 2. The number of nitrogens with two attached hydrogens (primary N) is 1. The van der Waals surface area contributed by atoms with Crippen molar-refractivity contribution in [3.63, 3.8) is 0 Å². The van der Waals surface area contributed by atoms with Crippen molar-refractivity contribution in [1.29, 1.82) is 0 Å². The zero-order chi connectivity index (χ0) is 14.4. The van der Waals surface area contributed by atoms with Crippen LogP contribution in [0.5, 0.6) is 0 Å². The van der Waals surface area contributed by atoms with Crippen LogP contribution < -0.4 is 5.73 Å². The third-order valence-electron chi connectivity index (χ3n) is 3.49. The quantitative estimate of drug-likeness (QED) is 0.691. The second kappa shape index (κ2) is 4.46. The van der Waals surface area contributed by atoms with Crippen LogP contribution in [0.3, 0.4) is 0 Å². The summed E-state index contributed by atoms with van der Waals surface area (Å²) in [6.45, 7) is 0. The molecule has 20 heavy (non-hydrogen) atoms. The van der Waals surface area contributed by atoms with Gasteiger partial charge in [0.1, 0.15) is 24.1 Å². The Kier molecular flexibility index (Phi) is 2.87. The fourth-order valence-electron chi connectivity index (χ4n) is 2.45. The molecule has 3 atom stereocenters. The molecule has 2 aromatic heterocycles. The van der Waals surface area contributed by atoms with Crippen LogP contribution >= 0.6 is 0 Å². The molecule has 2 heterocycles. The van der Waals surface area contributed by atoms with Crippen molar-refractivity contribution in [3.05, 3.63) is 24.3 Å². The molecular weight excluding hydrogens is 272 g/mol. The first kappa shape index (κ1) is 12.9. The first-order valence-electron chi connectivity index (χ1n) is 5.84. The van der Waals surface area contributed by atoms with Crippen LogP contribution in [0, 0.1) is 0 Å². The van der Waals surface area contributed by atoms with E-state index in [0.717, 1.165) is 0 Å². The zero-order valence-electron chi connectivity index (χ0n) is 10.1. The predicted octanol–water partition coefficient (Wildman–Crippen LogP) is 0.226. The third kappa shape index (κ3) is 1.74. The Bertz CT molecular complexity index is 697. The molecule has 1 saturated carbocycles. The second-order valence-electron chi connectivity index (χ2n) is 4.58. The highest BCUT2D eigenvalue weighted by Gasteiger charge is 2.41. The second-order valence-corrected chi connectivity index (χ2v) is 4.58. The van der Waals surface area contributed by atoms with Crippen LogP contribution in [0.1, 0.15) is 12.5 Å². The minimum absolute atomic E-state index is 0.161. The van der Waals surface area contributed by atoms with Crippen molar-refractivity contribution in [3.8, 4) is 0 Å². The topological polar surface area (TPSA) is 110 Å². The molecule has 3 rings (SSSR count). The van der Waals surface area contributed by atoms with Gasteiger partial charge < -0.3 is 20.5 Å². The number of imidazole rings is 1. The highest BCUT2D eigenvalue weighted by Crippen LogP contribution is 2.38. The number of anilines is 1. The number of fused-ring (bicyclic) bond motifs is 1. The van der Waals surface area contributed by atoms with Gasteiger partial charge in [-0.2, -0.15) is 8.78 Å². The van der Waals surface area contributed by atoms with E-state index in [1.807, 2.05) is 0 Å². The molecule has 0 aromatic carbocycles. The van der Waals surface area contributed by atoms with Gasteiger partial charge in [0, 0.05) is 12.0 Å². The molecule has 1 aliphatic rings. The van der Waals surface area contributed by atoms with Crippen LogP contribution in [-0.2, 0) is 0 Å². The maximum atomic E-state index is 12.7. The molecule has 0 amide bonds. The van der Waals surface area contributed by atoms with E-state index in [1.165, 1.54) is 17.2 Å². The van der Waals surface area contributed by atoms with Gasteiger partial charge in [0.15, 0.2) is 11.5 Å². The number of nitrogen functional groups attached to an aromatic ring is 1. The minimum atomic E-state index is -1.97. The van der Waals surface area contributed by atoms with Crippen LogP contribution in [-0.4, -0.2) is 41.9 Å². The molecule has 0 saturated heterocycles. The first-order chi connectivity index (χ1) is 9.50. The lowest BCUT2D eigenvalue weighted by atomic mass is 10.2. The molecule has 9 heteroatoms. The fraction of sp³-hybridized carbons (Fsp3) is 0.364. The Morgan fingerprint density at radius 1 is 1.30 bits per heavy atom. The van der Waals surface area contributed by atoms with Gasteiger partial charge in [-0.15, -0.1) is 0 Å². The summed E-state index contributed by atoms with van der Waals surface area (Å²) in [6, 6.07) is -0.777. The molecule has 1 aliphatic carbocycles. The largest absolute Gasteiger partial charge is 0.388 e. The van der Waals surface area contributed by atoms with Gasteiger partial charge in [-0.25, -0.2) is 15.0 Å². The average molecular weight is 283 g/mol. The molecule has 1 fully saturated rings. The van der Waals surface area contributed by atoms with E-state index in [4.69, 9.17) is 5.73 Å². The van der Waals surface area contributed by atoms with Crippen LogP contribution in [0.2, 0.25) is 0 Å². The number of nitrogens with zero attached hydrogens (tertiary/aromatic N) is 4. The number of halogens is 2. The maximum Gasteiger partial charge on any atom is 0.272 e. The van der Waals surface area contributed by atoms with E-state index in [9.17, 15) is 19.0 Å². The summed E-state index contributed by atoms with van der Waals surface area (Å²) < 4.78 is 26.8. The normalized spacial score (nSPS) is 26.4. The smallest absolute Gasteiger partial charge is 0.272 e. The number of aliphatic hydroxyl groups excluding tert-OH is 2. The molecule has 2 aromatic rings. The van der Waals surface area contributed by atoms with Crippen molar-refractivity contribution in [2.45, 2.75) is 24.7 Å². The Labute approximate surface area is 111 Å². The summed E-state index contributed by atoms with van der Waals surface area (Å²) >= 11 is 0.